The van der Waals surface area contributed by atoms with Crippen LogP contribution in [0.5, 0.6) is 0 Å². The Morgan fingerprint density at radius 1 is 1.10 bits per heavy atom. The first-order valence-electron chi connectivity index (χ1n) is 6.59. The molecular formula is C16H18FNO2S. The van der Waals surface area contributed by atoms with E-state index < -0.39 is 15.8 Å². The summed E-state index contributed by atoms with van der Waals surface area (Å²) in [6, 6.07) is 11.4. The molecule has 0 aliphatic heterocycles. The average Bonchev–Trinajstić information content (AvgIpc) is 2.40. The normalized spacial score (nSPS) is 11.9. The Morgan fingerprint density at radius 2 is 1.76 bits per heavy atom. The van der Waals surface area contributed by atoms with Gasteiger partial charge >= 0.3 is 0 Å². The highest BCUT2D eigenvalue weighted by Gasteiger charge is 2.23. The van der Waals surface area contributed by atoms with E-state index >= 15 is 0 Å². The standard InChI is InChI=1S/C16H18FNO2S/c1-12-8-9-16(13(2)10-12)21(19,20)18(3)11-14-6-4-5-7-15(14)17/h4-10H,11H2,1-3H3. The zero-order valence-electron chi connectivity index (χ0n) is 12.3. The third-order valence-electron chi connectivity index (χ3n) is 3.37. The first-order valence-corrected chi connectivity index (χ1v) is 8.03. The summed E-state index contributed by atoms with van der Waals surface area (Å²) in [7, 11) is -2.18. The van der Waals surface area contributed by atoms with E-state index in [-0.39, 0.29) is 11.4 Å². The Balaban J connectivity index is 2.33. The third kappa shape index (κ3) is 3.31. The van der Waals surface area contributed by atoms with Gasteiger partial charge in [-0.15, -0.1) is 0 Å². The largest absolute Gasteiger partial charge is 0.243 e. The molecule has 5 heteroatoms. The van der Waals surface area contributed by atoms with Crippen molar-refractivity contribution in [2.75, 3.05) is 7.05 Å². The van der Waals surface area contributed by atoms with Crippen molar-refractivity contribution >= 4 is 10.0 Å². The van der Waals surface area contributed by atoms with Crippen molar-refractivity contribution in [1.29, 1.82) is 0 Å². The lowest BCUT2D eigenvalue weighted by atomic mass is 10.2. The first kappa shape index (κ1) is 15.7. The second-order valence-electron chi connectivity index (χ2n) is 5.12. The van der Waals surface area contributed by atoms with Gasteiger partial charge in [0.1, 0.15) is 5.82 Å². The summed E-state index contributed by atoms with van der Waals surface area (Å²) in [5.74, 6) is -0.403. The van der Waals surface area contributed by atoms with Crippen LogP contribution in [0.1, 0.15) is 16.7 Å². The molecule has 0 atom stereocenters. The first-order chi connectivity index (χ1) is 9.82. The van der Waals surface area contributed by atoms with E-state index in [0.29, 0.717) is 11.1 Å². The molecule has 0 aromatic heterocycles. The van der Waals surface area contributed by atoms with Crippen molar-refractivity contribution in [3.63, 3.8) is 0 Å². The Labute approximate surface area is 125 Å². The van der Waals surface area contributed by atoms with Gasteiger partial charge in [-0.25, -0.2) is 12.8 Å². The summed E-state index contributed by atoms with van der Waals surface area (Å²) in [6.45, 7) is 3.67. The maximum Gasteiger partial charge on any atom is 0.243 e. The van der Waals surface area contributed by atoms with E-state index in [4.69, 9.17) is 0 Å². The molecule has 0 aliphatic carbocycles. The molecular weight excluding hydrogens is 289 g/mol. The summed E-state index contributed by atoms with van der Waals surface area (Å²) in [6.07, 6.45) is 0. The molecule has 0 heterocycles. The molecule has 0 unspecified atom stereocenters. The lowest BCUT2D eigenvalue weighted by Crippen LogP contribution is -2.27. The van der Waals surface area contributed by atoms with Gasteiger partial charge in [0.2, 0.25) is 10.0 Å². The average molecular weight is 307 g/mol. The van der Waals surface area contributed by atoms with Crippen LogP contribution in [0.15, 0.2) is 47.4 Å². The highest BCUT2D eigenvalue weighted by Crippen LogP contribution is 2.22. The van der Waals surface area contributed by atoms with Crippen molar-refractivity contribution in [3.8, 4) is 0 Å². The van der Waals surface area contributed by atoms with Gasteiger partial charge in [0, 0.05) is 19.2 Å². The van der Waals surface area contributed by atoms with Crippen LogP contribution < -0.4 is 0 Å². The van der Waals surface area contributed by atoms with Gasteiger partial charge in [0.05, 0.1) is 4.90 Å². The fourth-order valence-electron chi connectivity index (χ4n) is 2.21. The summed E-state index contributed by atoms with van der Waals surface area (Å²) in [4.78, 5) is 0.256. The molecule has 2 aromatic carbocycles. The Morgan fingerprint density at radius 3 is 2.38 bits per heavy atom. The number of benzene rings is 2. The molecule has 0 aliphatic rings. The SMILES string of the molecule is Cc1ccc(S(=O)(=O)N(C)Cc2ccccc2F)c(C)c1. The quantitative estimate of drug-likeness (QED) is 0.869. The van der Waals surface area contributed by atoms with E-state index in [0.717, 1.165) is 5.56 Å². The molecule has 0 spiro atoms. The van der Waals surface area contributed by atoms with Crippen molar-refractivity contribution in [1.82, 2.24) is 4.31 Å². The number of rotatable bonds is 4. The number of hydrogen-bond acceptors (Lipinski definition) is 2. The number of nitrogens with zero attached hydrogens (tertiary/aromatic N) is 1. The number of aryl methyl sites for hydroxylation is 2. The third-order valence-corrected chi connectivity index (χ3v) is 5.33. The molecule has 0 fully saturated rings. The van der Waals surface area contributed by atoms with E-state index in [1.807, 2.05) is 13.0 Å². The van der Waals surface area contributed by atoms with Crippen LogP contribution in [0, 0.1) is 19.7 Å². The zero-order chi connectivity index (χ0) is 15.6. The summed E-state index contributed by atoms with van der Waals surface area (Å²) in [5.41, 5.74) is 2.05. The summed E-state index contributed by atoms with van der Waals surface area (Å²) < 4.78 is 40.0. The molecule has 21 heavy (non-hydrogen) atoms. The molecule has 0 amide bonds. The Kier molecular flexibility index (Phi) is 4.44. The maximum atomic E-state index is 13.7. The van der Waals surface area contributed by atoms with Gasteiger partial charge in [-0.05, 0) is 31.5 Å². The predicted octanol–water partition coefficient (Wildman–Crippen LogP) is 3.26. The van der Waals surface area contributed by atoms with Crippen molar-refractivity contribution < 1.29 is 12.8 Å². The molecule has 0 N–H and O–H groups in total. The van der Waals surface area contributed by atoms with Crippen LogP contribution in [0.4, 0.5) is 4.39 Å². The number of hydrogen-bond donors (Lipinski definition) is 0. The second kappa shape index (κ2) is 5.95. The number of halogens is 1. The van der Waals surface area contributed by atoms with Crippen molar-refractivity contribution in [2.45, 2.75) is 25.3 Å². The van der Waals surface area contributed by atoms with Gasteiger partial charge < -0.3 is 0 Å². The highest BCUT2D eigenvalue weighted by atomic mass is 32.2. The number of sulfonamides is 1. The lowest BCUT2D eigenvalue weighted by molar-refractivity contribution is 0.456. The van der Waals surface area contributed by atoms with Crippen LogP contribution >= 0.6 is 0 Å². The molecule has 0 bridgehead atoms. The van der Waals surface area contributed by atoms with Gasteiger partial charge in [-0.1, -0.05) is 35.9 Å². The van der Waals surface area contributed by atoms with Crippen LogP contribution in [0.3, 0.4) is 0 Å². The van der Waals surface area contributed by atoms with E-state index in [9.17, 15) is 12.8 Å². The molecule has 0 saturated carbocycles. The molecule has 2 aromatic rings. The molecule has 3 nitrogen and oxygen atoms in total. The monoisotopic (exact) mass is 307 g/mol. The van der Waals surface area contributed by atoms with Crippen LogP contribution in [0.2, 0.25) is 0 Å². The molecule has 2 rings (SSSR count). The van der Waals surface area contributed by atoms with Crippen LogP contribution in [-0.2, 0) is 16.6 Å². The molecule has 0 radical (unpaired) electrons. The van der Waals surface area contributed by atoms with Gasteiger partial charge in [-0.2, -0.15) is 4.31 Å². The van der Waals surface area contributed by atoms with E-state index in [1.54, 1.807) is 37.3 Å². The predicted molar refractivity (Wildman–Crippen MR) is 81.0 cm³/mol. The fourth-order valence-corrected chi connectivity index (χ4v) is 3.56. The lowest BCUT2D eigenvalue weighted by Gasteiger charge is -2.19. The Bertz CT molecular complexity index is 757. The zero-order valence-corrected chi connectivity index (χ0v) is 13.1. The van der Waals surface area contributed by atoms with E-state index in [2.05, 4.69) is 0 Å². The fraction of sp³-hybridized carbons (Fsp3) is 0.250. The smallest absolute Gasteiger partial charge is 0.207 e. The molecule has 0 saturated heterocycles. The summed E-state index contributed by atoms with van der Waals surface area (Å²) in [5, 5.41) is 0. The minimum absolute atomic E-state index is 0.00230. The Hall–Kier alpha value is -1.72. The second-order valence-corrected chi connectivity index (χ2v) is 7.13. The van der Waals surface area contributed by atoms with Crippen molar-refractivity contribution in [3.05, 3.63) is 65.0 Å². The van der Waals surface area contributed by atoms with Gasteiger partial charge in [-0.3, -0.25) is 0 Å². The summed E-state index contributed by atoms with van der Waals surface area (Å²) >= 11 is 0. The van der Waals surface area contributed by atoms with E-state index in [1.165, 1.54) is 17.4 Å². The topological polar surface area (TPSA) is 37.4 Å². The van der Waals surface area contributed by atoms with Crippen molar-refractivity contribution in [2.24, 2.45) is 0 Å². The highest BCUT2D eigenvalue weighted by molar-refractivity contribution is 7.89. The van der Waals surface area contributed by atoms with Gasteiger partial charge in [0.15, 0.2) is 0 Å². The molecule has 112 valence electrons. The van der Waals surface area contributed by atoms with Gasteiger partial charge in [0.25, 0.3) is 0 Å². The van der Waals surface area contributed by atoms with Crippen LogP contribution in [0.25, 0.3) is 0 Å². The minimum Gasteiger partial charge on any atom is -0.207 e. The minimum atomic E-state index is -3.63. The van der Waals surface area contributed by atoms with Crippen LogP contribution in [-0.4, -0.2) is 19.8 Å². The maximum absolute atomic E-state index is 13.7.